The Morgan fingerprint density at radius 2 is 2.33 bits per heavy atom. The van der Waals surface area contributed by atoms with Gasteiger partial charge in [0.15, 0.2) is 6.17 Å². The smallest absolute Gasteiger partial charge is 0.295 e. The monoisotopic (exact) mass is 299 g/mol. The van der Waals surface area contributed by atoms with Crippen molar-refractivity contribution in [2.75, 3.05) is 12.3 Å². The molecule has 0 bridgehead atoms. The number of halogens is 1. The van der Waals surface area contributed by atoms with E-state index < -0.39 is 30.0 Å². The van der Waals surface area contributed by atoms with Crippen LogP contribution in [0.1, 0.15) is 18.2 Å². The summed E-state index contributed by atoms with van der Waals surface area (Å²) < 4.78 is 20.7. The van der Waals surface area contributed by atoms with E-state index >= 15 is 0 Å². The van der Waals surface area contributed by atoms with Crippen molar-refractivity contribution < 1.29 is 19.3 Å². The zero-order valence-corrected chi connectivity index (χ0v) is 10.8. The van der Waals surface area contributed by atoms with Gasteiger partial charge in [-0.3, -0.25) is 9.78 Å². The summed E-state index contributed by atoms with van der Waals surface area (Å²) in [5.41, 5.74) is 5.03. The maximum Gasteiger partial charge on any atom is 0.295 e. The lowest BCUT2D eigenvalue weighted by molar-refractivity contribution is -0.00589. The summed E-state index contributed by atoms with van der Waals surface area (Å²) in [6.07, 6.45) is -3.70. The lowest BCUT2D eigenvalue weighted by Crippen LogP contribution is -2.28. The van der Waals surface area contributed by atoms with Gasteiger partial charge in [0.1, 0.15) is 12.2 Å². The highest BCUT2D eigenvalue weighted by atomic mass is 19.1. The molecule has 0 amide bonds. The Morgan fingerprint density at radius 3 is 3.05 bits per heavy atom. The third kappa shape index (κ3) is 2.17. The highest BCUT2D eigenvalue weighted by molar-refractivity contribution is 5.38. The number of nitrogens with two attached hydrogens (primary N) is 1. The molecule has 0 aliphatic carbocycles. The van der Waals surface area contributed by atoms with Crippen LogP contribution in [-0.2, 0) is 4.74 Å². The average molecular weight is 299 g/mol. The van der Waals surface area contributed by atoms with Gasteiger partial charge in [-0.25, -0.2) is 13.9 Å². The van der Waals surface area contributed by atoms with E-state index in [4.69, 9.17) is 15.6 Å². The van der Waals surface area contributed by atoms with Gasteiger partial charge in [-0.05, 0) is 6.42 Å². The molecule has 0 saturated carbocycles. The van der Waals surface area contributed by atoms with Crippen molar-refractivity contribution in [2.24, 2.45) is 0 Å². The minimum atomic E-state index is -1.72. The lowest BCUT2D eigenvalue weighted by atomic mass is 10.1. The number of hydrogen-bond donors (Lipinski definition) is 4. The lowest BCUT2D eigenvalue weighted by Gasteiger charge is -2.12. The fourth-order valence-corrected chi connectivity index (χ4v) is 2.44. The Kier molecular flexibility index (Phi) is 3.35. The van der Waals surface area contributed by atoms with Crippen molar-refractivity contribution in [2.45, 2.75) is 30.9 Å². The number of aromatic amines is 1. The quantitative estimate of drug-likeness (QED) is 0.542. The molecule has 1 saturated heterocycles. The van der Waals surface area contributed by atoms with Crippen molar-refractivity contribution in [3.05, 3.63) is 22.2 Å². The van der Waals surface area contributed by atoms with Crippen LogP contribution in [0.15, 0.2) is 11.0 Å². The largest absolute Gasteiger partial charge is 0.396 e. The second kappa shape index (κ2) is 5.06. The van der Waals surface area contributed by atoms with E-state index in [0.717, 1.165) is 4.52 Å². The molecule has 0 spiro atoms. The van der Waals surface area contributed by atoms with Gasteiger partial charge >= 0.3 is 0 Å². The van der Waals surface area contributed by atoms with Crippen LogP contribution in [0.3, 0.4) is 0 Å². The van der Waals surface area contributed by atoms with Crippen LogP contribution >= 0.6 is 0 Å². The SMILES string of the molecule is Nc1nn2c([C@@H]3OC(CCO)[C@@H](O)[C@H]3F)cnc2c(=O)[nH]1. The number of nitrogen functional groups attached to an aromatic ring is 1. The molecule has 0 aromatic carbocycles. The first-order valence-corrected chi connectivity index (χ1v) is 6.35. The molecular weight excluding hydrogens is 285 g/mol. The minimum absolute atomic E-state index is 0.0462. The summed E-state index contributed by atoms with van der Waals surface area (Å²) in [7, 11) is 0. The fraction of sp³-hybridized carbons (Fsp3) is 0.545. The van der Waals surface area contributed by atoms with Crippen molar-refractivity contribution >= 4 is 11.6 Å². The Balaban J connectivity index is 2.03. The predicted molar refractivity (Wildman–Crippen MR) is 68.2 cm³/mol. The summed E-state index contributed by atoms with van der Waals surface area (Å²) in [5.74, 6) is -0.146. The predicted octanol–water partition coefficient (Wildman–Crippen LogP) is -1.48. The summed E-state index contributed by atoms with van der Waals surface area (Å²) >= 11 is 0. The van der Waals surface area contributed by atoms with Crippen LogP contribution in [-0.4, -0.2) is 54.8 Å². The molecule has 2 aromatic heterocycles. The summed E-state index contributed by atoms with van der Waals surface area (Å²) in [5, 5.41) is 22.5. The number of nitrogens with one attached hydrogen (secondary N) is 1. The molecule has 1 unspecified atom stereocenters. The Morgan fingerprint density at radius 1 is 1.57 bits per heavy atom. The first-order chi connectivity index (χ1) is 10.0. The Labute approximate surface area is 117 Å². The number of aliphatic hydroxyl groups excluding tert-OH is 2. The molecule has 9 nitrogen and oxygen atoms in total. The van der Waals surface area contributed by atoms with Crippen LogP contribution in [0.5, 0.6) is 0 Å². The zero-order chi connectivity index (χ0) is 15.1. The van der Waals surface area contributed by atoms with Crippen LogP contribution in [0, 0.1) is 0 Å². The number of fused-ring (bicyclic) bond motifs is 1. The van der Waals surface area contributed by atoms with Gasteiger partial charge in [0.25, 0.3) is 5.56 Å². The van der Waals surface area contributed by atoms with Gasteiger partial charge < -0.3 is 20.7 Å². The molecule has 0 radical (unpaired) electrons. The van der Waals surface area contributed by atoms with Gasteiger partial charge in [0.05, 0.1) is 18.0 Å². The van der Waals surface area contributed by atoms with E-state index in [9.17, 15) is 14.3 Å². The van der Waals surface area contributed by atoms with Crippen LogP contribution in [0.25, 0.3) is 5.65 Å². The van der Waals surface area contributed by atoms with Crippen molar-refractivity contribution in [1.82, 2.24) is 19.6 Å². The third-order valence-corrected chi connectivity index (χ3v) is 3.44. The van der Waals surface area contributed by atoms with E-state index in [0.29, 0.717) is 0 Å². The highest BCUT2D eigenvalue weighted by Gasteiger charge is 2.45. The van der Waals surface area contributed by atoms with Gasteiger partial charge in [0.2, 0.25) is 11.6 Å². The minimum Gasteiger partial charge on any atom is -0.396 e. The molecular formula is C11H14FN5O4. The Bertz CT molecular complexity index is 716. The van der Waals surface area contributed by atoms with Gasteiger partial charge in [-0.15, -0.1) is 5.10 Å². The number of hydrogen-bond acceptors (Lipinski definition) is 7. The molecule has 3 rings (SSSR count). The third-order valence-electron chi connectivity index (χ3n) is 3.44. The number of rotatable bonds is 3. The standard InChI is InChI=1S/C11H14FN5O4/c12-6-7(19)5(1-2-18)21-8(6)4-3-14-9-10(20)15-11(13)16-17(4)9/h3,5-8,18-19H,1-2H2,(H3,13,15,16,20)/t5?,6-,7-,8+/m1/s1. The van der Waals surface area contributed by atoms with E-state index in [1.165, 1.54) is 6.20 Å². The number of ether oxygens (including phenoxy) is 1. The molecule has 2 aromatic rings. The van der Waals surface area contributed by atoms with Crippen LogP contribution in [0.2, 0.25) is 0 Å². The molecule has 21 heavy (non-hydrogen) atoms. The van der Waals surface area contributed by atoms with E-state index in [1.807, 2.05) is 0 Å². The second-order valence-corrected chi connectivity index (χ2v) is 4.80. The molecule has 114 valence electrons. The van der Waals surface area contributed by atoms with E-state index in [-0.39, 0.29) is 30.3 Å². The molecule has 10 heteroatoms. The van der Waals surface area contributed by atoms with Crippen molar-refractivity contribution in [3.8, 4) is 0 Å². The van der Waals surface area contributed by atoms with Gasteiger partial charge in [-0.1, -0.05) is 0 Å². The first kappa shape index (κ1) is 13.9. The molecule has 1 aliphatic rings. The second-order valence-electron chi connectivity index (χ2n) is 4.80. The Hall–Kier alpha value is -2.04. The van der Waals surface area contributed by atoms with Crippen LogP contribution < -0.4 is 11.3 Å². The first-order valence-electron chi connectivity index (χ1n) is 6.35. The molecule has 3 heterocycles. The van der Waals surface area contributed by atoms with Crippen LogP contribution in [0.4, 0.5) is 10.3 Å². The fourth-order valence-electron chi connectivity index (χ4n) is 2.44. The number of aromatic nitrogens is 4. The van der Waals surface area contributed by atoms with Gasteiger partial charge in [0, 0.05) is 6.61 Å². The summed E-state index contributed by atoms with van der Waals surface area (Å²) in [4.78, 5) is 17.8. The molecule has 4 atom stereocenters. The number of H-pyrrole nitrogens is 1. The zero-order valence-electron chi connectivity index (χ0n) is 10.8. The van der Waals surface area contributed by atoms with Gasteiger partial charge in [-0.2, -0.15) is 0 Å². The molecule has 1 fully saturated rings. The normalized spacial score (nSPS) is 29.3. The van der Waals surface area contributed by atoms with Crippen molar-refractivity contribution in [1.29, 1.82) is 0 Å². The van der Waals surface area contributed by atoms with E-state index in [2.05, 4.69) is 15.1 Å². The number of anilines is 1. The van der Waals surface area contributed by atoms with E-state index in [1.54, 1.807) is 0 Å². The maximum atomic E-state index is 14.2. The molecule has 1 aliphatic heterocycles. The average Bonchev–Trinajstić information content (AvgIpc) is 2.96. The number of alkyl halides is 1. The highest BCUT2D eigenvalue weighted by Crippen LogP contribution is 2.36. The van der Waals surface area contributed by atoms with Crippen molar-refractivity contribution in [3.63, 3.8) is 0 Å². The number of nitrogens with zero attached hydrogens (tertiary/aromatic N) is 3. The number of aliphatic hydroxyl groups is 2. The molecule has 5 N–H and O–H groups in total. The summed E-state index contributed by atoms with van der Waals surface area (Å²) in [6.45, 7) is -0.237. The summed E-state index contributed by atoms with van der Waals surface area (Å²) in [6, 6.07) is 0. The maximum absolute atomic E-state index is 14.2. The number of imidazole rings is 1. The topological polar surface area (TPSA) is 139 Å².